The number of ketones is 1. The van der Waals surface area contributed by atoms with Crippen LogP contribution in [-0.2, 0) is 11.3 Å². The van der Waals surface area contributed by atoms with E-state index in [0.717, 1.165) is 23.5 Å². The molecule has 5 heteroatoms. The van der Waals surface area contributed by atoms with Gasteiger partial charge in [-0.05, 0) is 48.6 Å². The van der Waals surface area contributed by atoms with Gasteiger partial charge in [-0.15, -0.1) is 11.3 Å². The standard InChI is InChI=1S/C15H19NO3S/c1-9(17)14-4-10(8-20-14)5-16-6-12(11-2-3-11)13(7-16)15(18)19/h4,8,11-13H,2-3,5-7H2,1H3,(H,18,19)/t12-,13+/m1/s1. The fraction of sp³-hybridized carbons (Fsp3) is 0.600. The van der Waals surface area contributed by atoms with Crippen molar-refractivity contribution in [1.82, 2.24) is 4.90 Å². The summed E-state index contributed by atoms with van der Waals surface area (Å²) >= 11 is 1.48. The van der Waals surface area contributed by atoms with Crippen LogP contribution in [0, 0.1) is 17.8 Å². The molecule has 4 nitrogen and oxygen atoms in total. The maximum absolute atomic E-state index is 11.4. The number of hydrogen-bond acceptors (Lipinski definition) is 4. The van der Waals surface area contributed by atoms with Gasteiger partial charge < -0.3 is 5.11 Å². The highest BCUT2D eigenvalue weighted by Gasteiger charge is 2.45. The Hall–Kier alpha value is -1.20. The summed E-state index contributed by atoms with van der Waals surface area (Å²) < 4.78 is 0. The molecule has 3 rings (SSSR count). The number of carboxylic acids is 1. The lowest BCUT2D eigenvalue weighted by Gasteiger charge is -2.14. The molecule has 2 atom stereocenters. The minimum atomic E-state index is -0.654. The third kappa shape index (κ3) is 2.79. The van der Waals surface area contributed by atoms with E-state index in [2.05, 4.69) is 4.90 Å². The number of hydrogen-bond donors (Lipinski definition) is 1. The summed E-state index contributed by atoms with van der Waals surface area (Å²) in [6.45, 7) is 3.86. The number of carbonyl (C=O) groups excluding carboxylic acids is 1. The van der Waals surface area contributed by atoms with Gasteiger partial charge in [-0.1, -0.05) is 0 Å². The molecule has 1 N–H and O–H groups in total. The molecule has 0 bridgehead atoms. The minimum absolute atomic E-state index is 0.0990. The van der Waals surface area contributed by atoms with Crippen LogP contribution in [0.4, 0.5) is 0 Å². The Kier molecular flexibility index (Phi) is 3.65. The van der Waals surface area contributed by atoms with Crippen molar-refractivity contribution in [1.29, 1.82) is 0 Å². The molecule has 2 fully saturated rings. The molecule has 0 amide bonds. The molecule has 0 unspecified atom stereocenters. The third-order valence-corrected chi connectivity index (χ3v) is 5.47. The van der Waals surface area contributed by atoms with E-state index in [1.54, 1.807) is 6.92 Å². The summed E-state index contributed by atoms with van der Waals surface area (Å²) in [7, 11) is 0. The molecule has 1 aromatic heterocycles. The van der Waals surface area contributed by atoms with Crippen molar-refractivity contribution < 1.29 is 14.7 Å². The van der Waals surface area contributed by atoms with Crippen molar-refractivity contribution in [3.63, 3.8) is 0 Å². The topological polar surface area (TPSA) is 57.6 Å². The van der Waals surface area contributed by atoms with Gasteiger partial charge in [0.2, 0.25) is 0 Å². The van der Waals surface area contributed by atoms with Crippen LogP contribution < -0.4 is 0 Å². The third-order valence-electron chi connectivity index (χ3n) is 4.39. The molecule has 1 aliphatic heterocycles. The van der Waals surface area contributed by atoms with E-state index < -0.39 is 5.97 Å². The van der Waals surface area contributed by atoms with Gasteiger partial charge >= 0.3 is 5.97 Å². The van der Waals surface area contributed by atoms with Gasteiger partial charge in [0.05, 0.1) is 10.8 Å². The maximum Gasteiger partial charge on any atom is 0.308 e. The monoisotopic (exact) mass is 293 g/mol. The van der Waals surface area contributed by atoms with Crippen LogP contribution in [0.15, 0.2) is 11.4 Å². The number of aliphatic carboxylic acids is 1. The van der Waals surface area contributed by atoms with E-state index >= 15 is 0 Å². The average molecular weight is 293 g/mol. The second kappa shape index (κ2) is 5.30. The lowest BCUT2D eigenvalue weighted by Crippen LogP contribution is -2.24. The first-order valence-electron chi connectivity index (χ1n) is 7.08. The Balaban J connectivity index is 1.65. The number of nitrogens with zero attached hydrogens (tertiary/aromatic N) is 1. The second-order valence-corrected chi connectivity index (χ2v) is 6.93. The van der Waals surface area contributed by atoms with Crippen LogP contribution in [0.1, 0.15) is 35.0 Å². The molecular formula is C15H19NO3S. The summed E-state index contributed by atoms with van der Waals surface area (Å²) in [5, 5.41) is 11.4. The van der Waals surface area contributed by atoms with E-state index in [1.807, 2.05) is 11.4 Å². The quantitative estimate of drug-likeness (QED) is 0.847. The van der Waals surface area contributed by atoms with Crippen LogP contribution >= 0.6 is 11.3 Å². The molecule has 1 saturated carbocycles. The normalized spacial score (nSPS) is 26.9. The highest BCUT2D eigenvalue weighted by Crippen LogP contribution is 2.44. The summed E-state index contributed by atoms with van der Waals surface area (Å²) in [6.07, 6.45) is 2.38. The van der Waals surface area contributed by atoms with Gasteiger partial charge in [-0.2, -0.15) is 0 Å². The zero-order valence-corrected chi connectivity index (χ0v) is 12.4. The van der Waals surface area contributed by atoms with Crippen LogP contribution in [0.25, 0.3) is 0 Å². The van der Waals surface area contributed by atoms with E-state index in [1.165, 1.54) is 24.2 Å². The first kappa shape index (κ1) is 13.8. The first-order valence-corrected chi connectivity index (χ1v) is 7.96. The highest BCUT2D eigenvalue weighted by molar-refractivity contribution is 7.12. The van der Waals surface area contributed by atoms with E-state index in [-0.39, 0.29) is 11.7 Å². The minimum Gasteiger partial charge on any atom is -0.481 e. The van der Waals surface area contributed by atoms with E-state index in [4.69, 9.17) is 0 Å². The van der Waals surface area contributed by atoms with Crippen LogP contribution in [-0.4, -0.2) is 34.8 Å². The molecule has 0 aromatic carbocycles. The average Bonchev–Trinajstić information content (AvgIpc) is 2.97. The Morgan fingerprint density at radius 3 is 2.70 bits per heavy atom. The summed E-state index contributed by atoms with van der Waals surface area (Å²) in [5.74, 6) is 0.171. The Bertz CT molecular complexity index is 535. The molecule has 0 radical (unpaired) electrons. The molecule has 1 aliphatic carbocycles. The van der Waals surface area contributed by atoms with Crippen molar-refractivity contribution in [2.75, 3.05) is 13.1 Å². The van der Waals surface area contributed by atoms with Gasteiger partial charge in [-0.25, -0.2) is 0 Å². The molecule has 108 valence electrons. The first-order chi connectivity index (χ1) is 9.54. The number of likely N-dealkylation sites (tertiary alicyclic amines) is 1. The van der Waals surface area contributed by atoms with Gasteiger partial charge in [0.25, 0.3) is 0 Å². The fourth-order valence-electron chi connectivity index (χ4n) is 3.21. The van der Waals surface area contributed by atoms with Crippen LogP contribution in [0.3, 0.4) is 0 Å². The number of rotatable bonds is 5. The van der Waals surface area contributed by atoms with E-state index in [0.29, 0.717) is 18.4 Å². The molecule has 2 aliphatic rings. The second-order valence-electron chi connectivity index (χ2n) is 6.02. The van der Waals surface area contributed by atoms with Gasteiger partial charge in [0.15, 0.2) is 5.78 Å². The van der Waals surface area contributed by atoms with Crippen molar-refractivity contribution >= 4 is 23.1 Å². The van der Waals surface area contributed by atoms with Gasteiger partial charge in [0.1, 0.15) is 0 Å². The van der Waals surface area contributed by atoms with Crippen LogP contribution in [0.2, 0.25) is 0 Å². The predicted octanol–water partition coefficient (Wildman–Crippen LogP) is 2.49. The Labute approximate surface area is 122 Å². The van der Waals surface area contributed by atoms with Crippen molar-refractivity contribution in [3.05, 3.63) is 21.9 Å². The van der Waals surface area contributed by atoms with Crippen molar-refractivity contribution in [3.8, 4) is 0 Å². The number of Topliss-reactive ketones (excluding diaryl/α,β-unsaturated/α-hetero) is 1. The zero-order valence-electron chi connectivity index (χ0n) is 11.5. The summed E-state index contributed by atoms with van der Waals surface area (Å²) in [6, 6.07) is 1.94. The molecule has 2 heterocycles. The van der Waals surface area contributed by atoms with E-state index in [9.17, 15) is 14.7 Å². The molecule has 0 spiro atoms. The molecule has 20 heavy (non-hydrogen) atoms. The number of thiophene rings is 1. The maximum atomic E-state index is 11.4. The largest absolute Gasteiger partial charge is 0.481 e. The summed E-state index contributed by atoms with van der Waals surface area (Å²) in [4.78, 5) is 25.7. The highest BCUT2D eigenvalue weighted by atomic mass is 32.1. The van der Waals surface area contributed by atoms with Crippen LogP contribution in [0.5, 0.6) is 0 Å². The van der Waals surface area contributed by atoms with Crippen molar-refractivity contribution in [2.45, 2.75) is 26.3 Å². The van der Waals surface area contributed by atoms with Gasteiger partial charge in [0, 0.05) is 19.6 Å². The fourth-order valence-corrected chi connectivity index (χ4v) is 4.01. The molecule has 1 saturated heterocycles. The molecule has 1 aromatic rings. The summed E-state index contributed by atoms with van der Waals surface area (Å²) in [5.41, 5.74) is 1.13. The Morgan fingerprint density at radius 1 is 1.40 bits per heavy atom. The lowest BCUT2D eigenvalue weighted by atomic mass is 9.92. The smallest absolute Gasteiger partial charge is 0.308 e. The Morgan fingerprint density at radius 2 is 2.15 bits per heavy atom. The molecular weight excluding hydrogens is 274 g/mol. The van der Waals surface area contributed by atoms with Gasteiger partial charge in [-0.3, -0.25) is 14.5 Å². The number of carboxylic acid groups (broad SMARTS) is 1. The SMILES string of the molecule is CC(=O)c1cc(CN2C[C@H](C(=O)O)[C@@H](C3CC3)C2)cs1. The lowest BCUT2D eigenvalue weighted by molar-refractivity contribution is -0.142. The predicted molar refractivity (Wildman–Crippen MR) is 76.9 cm³/mol. The zero-order chi connectivity index (χ0) is 14.3. The number of carbonyl (C=O) groups is 2. The van der Waals surface area contributed by atoms with Crippen molar-refractivity contribution in [2.24, 2.45) is 17.8 Å².